The molecule has 1 N–H and O–H groups in total. The fourth-order valence-corrected chi connectivity index (χ4v) is 3.76. The van der Waals surface area contributed by atoms with Crippen LogP contribution in [-0.2, 0) is 24.8 Å². The minimum atomic E-state index is -0.0247. The molecular weight excluding hydrogens is 344 g/mol. The number of carbonyl (C=O) groups is 1. The van der Waals surface area contributed by atoms with Crippen LogP contribution in [0.5, 0.6) is 0 Å². The van der Waals surface area contributed by atoms with Crippen molar-refractivity contribution in [2.75, 3.05) is 0 Å². The van der Waals surface area contributed by atoms with Crippen molar-refractivity contribution in [3.05, 3.63) is 70.9 Å². The van der Waals surface area contributed by atoms with Crippen molar-refractivity contribution >= 4 is 28.1 Å². The van der Waals surface area contributed by atoms with Crippen molar-refractivity contribution in [3.63, 3.8) is 0 Å². The second-order valence-electron chi connectivity index (χ2n) is 6.10. The number of rotatable bonds is 5. The number of hydrogen-bond acceptors (Lipinski definition) is 4. The highest BCUT2D eigenvalue weighted by Gasteiger charge is 2.12. The van der Waals surface area contributed by atoms with E-state index >= 15 is 0 Å². The largest absolute Gasteiger partial charge is 0.350 e. The lowest BCUT2D eigenvalue weighted by atomic mass is 10.1. The van der Waals surface area contributed by atoms with E-state index in [1.165, 1.54) is 0 Å². The fraction of sp³-hybridized carbons (Fsp3) is 0.150. The third kappa shape index (κ3) is 3.23. The van der Waals surface area contributed by atoms with E-state index in [0.717, 1.165) is 33.4 Å². The van der Waals surface area contributed by atoms with E-state index in [0.29, 0.717) is 13.0 Å². The third-order valence-electron chi connectivity index (χ3n) is 4.35. The summed E-state index contributed by atoms with van der Waals surface area (Å²) in [7, 11) is 2.00. The predicted octanol–water partition coefficient (Wildman–Crippen LogP) is 3.56. The van der Waals surface area contributed by atoms with Gasteiger partial charge in [-0.15, -0.1) is 0 Å². The number of fused-ring (bicyclic) bond motifs is 1. The molecule has 1 amide bonds. The number of nitrogens with one attached hydrogen (secondary N) is 1. The number of aryl methyl sites for hydroxylation is 1. The van der Waals surface area contributed by atoms with Gasteiger partial charge in [0, 0.05) is 47.5 Å². The molecular formula is C20H18N4OS. The monoisotopic (exact) mass is 362 g/mol. The van der Waals surface area contributed by atoms with Crippen molar-refractivity contribution < 1.29 is 4.79 Å². The molecule has 4 aromatic rings. The summed E-state index contributed by atoms with van der Waals surface area (Å²) in [5.74, 6) is -0.0247. The zero-order chi connectivity index (χ0) is 17.9. The molecule has 0 aliphatic rings. The second kappa shape index (κ2) is 7.09. The number of carbonyl (C=O) groups excluding carboxylic acids is 1. The van der Waals surface area contributed by atoms with Gasteiger partial charge in [0.15, 0.2) is 0 Å². The van der Waals surface area contributed by atoms with Gasteiger partial charge < -0.3 is 9.88 Å². The lowest BCUT2D eigenvalue weighted by Crippen LogP contribution is -2.25. The molecule has 130 valence electrons. The lowest BCUT2D eigenvalue weighted by Gasteiger charge is -2.08. The van der Waals surface area contributed by atoms with Crippen molar-refractivity contribution in [2.24, 2.45) is 7.05 Å². The van der Waals surface area contributed by atoms with Gasteiger partial charge in [-0.05, 0) is 23.1 Å². The van der Waals surface area contributed by atoms with Gasteiger partial charge in [0.05, 0.1) is 24.4 Å². The Morgan fingerprint density at radius 2 is 2.04 bits per heavy atom. The summed E-state index contributed by atoms with van der Waals surface area (Å²) in [4.78, 5) is 21.3. The zero-order valence-electron chi connectivity index (χ0n) is 14.3. The first-order valence-electron chi connectivity index (χ1n) is 8.34. The summed E-state index contributed by atoms with van der Waals surface area (Å²) in [5, 5.41) is 8.13. The van der Waals surface area contributed by atoms with Crippen LogP contribution in [0, 0.1) is 0 Å². The summed E-state index contributed by atoms with van der Waals surface area (Å²) in [5.41, 5.74) is 4.78. The third-order valence-corrected chi connectivity index (χ3v) is 5.04. The van der Waals surface area contributed by atoms with Crippen molar-refractivity contribution in [1.29, 1.82) is 0 Å². The van der Waals surface area contributed by atoms with Crippen LogP contribution in [0.2, 0.25) is 0 Å². The summed E-state index contributed by atoms with van der Waals surface area (Å²) in [6.07, 6.45) is 5.69. The van der Waals surface area contributed by atoms with Crippen LogP contribution in [0.4, 0.5) is 0 Å². The Kier molecular flexibility index (Phi) is 4.50. The lowest BCUT2D eigenvalue weighted by molar-refractivity contribution is -0.120. The zero-order valence-corrected chi connectivity index (χ0v) is 15.2. The highest BCUT2D eigenvalue weighted by atomic mass is 32.1. The molecule has 0 saturated heterocycles. The molecule has 0 atom stereocenters. The van der Waals surface area contributed by atoms with E-state index in [-0.39, 0.29) is 5.91 Å². The Morgan fingerprint density at radius 3 is 2.88 bits per heavy atom. The minimum absolute atomic E-state index is 0.0247. The van der Waals surface area contributed by atoms with Crippen LogP contribution >= 0.6 is 11.3 Å². The van der Waals surface area contributed by atoms with Crippen LogP contribution in [0.1, 0.15) is 11.3 Å². The molecule has 0 saturated carbocycles. The Balaban J connectivity index is 1.48. The molecule has 0 bridgehead atoms. The number of amides is 1. The first-order chi connectivity index (χ1) is 12.7. The van der Waals surface area contributed by atoms with Crippen LogP contribution in [0.3, 0.4) is 0 Å². The average Bonchev–Trinajstić information content (AvgIpc) is 3.30. The minimum Gasteiger partial charge on any atom is -0.350 e. The quantitative estimate of drug-likeness (QED) is 0.591. The van der Waals surface area contributed by atoms with E-state index < -0.39 is 0 Å². The first kappa shape index (κ1) is 16.5. The molecule has 0 spiro atoms. The van der Waals surface area contributed by atoms with Crippen LogP contribution in [-0.4, -0.2) is 20.4 Å². The van der Waals surface area contributed by atoms with Gasteiger partial charge in [-0.25, -0.2) is 0 Å². The number of aromatic nitrogens is 3. The van der Waals surface area contributed by atoms with Gasteiger partial charge in [0.25, 0.3) is 0 Å². The van der Waals surface area contributed by atoms with Gasteiger partial charge in [0.1, 0.15) is 0 Å². The summed E-state index contributed by atoms with van der Waals surface area (Å²) >= 11 is 1.62. The number of thiophene rings is 1. The van der Waals surface area contributed by atoms with Gasteiger partial charge in [0.2, 0.25) is 5.91 Å². The molecule has 3 aromatic heterocycles. The van der Waals surface area contributed by atoms with Crippen LogP contribution in [0.15, 0.2) is 59.7 Å². The number of para-hydroxylation sites is 1. The Labute approximate surface area is 155 Å². The fourth-order valence-electron chi connectivity index (χ4n) is 3.12. The molecule has 0 aliphatic heterocycles. The molecule has 26 heavy (non-hydrogen) atoms. The molecule has 0 unspecified atom stereocenters. The van der Waals surface area contributed by atoms with Crippen molar-refractivity contribution in [1.82, 2.24) is 19.9 Å². The molecule has 0 aliphatic carbocycles. The van der Waals surface area contributed by atoms with Gasteiger partial charge in [-0.3, -0.25) is 14.8 Å². The molecule has 5 nitrogen and oxygen atoms in total. The van der Waals surface area contributed by atoms with Crippen molar-refractivity contribution in [3.8, 4) is 11.3 Å². The summed E-state index contributed by atoms with van der Waals surface area (Å²) in [6.45, 7) is 0.364. The Hall–Kier alpha value is -2.99. The van der Waals surface area contributed by atoms with E-state index in [2.05, 4.69) is 32.0 Å². The van der Waals surface area contributed by atoms with Crippen molar-refractivity contribution in [2.45, 2.75) is 13.0 Å². The maximum Gasteiger partial charge on any atom is 0.224 e. The first-order valence-corrected chi connectivity index (χ1v) is 9.29. The Bertz CT molecular complexity index is 1050. The normalized spacial score (nSPS) is 11.0. The average molecular weight is 362 g/mol. The van der Waals surface area contributed by atoms with E-state index in [4.69, 9.17) is 0 Å². The Morgan fingerprint density at radius 1 is 1.19 bits per heavy atom. The van der Waals surface area contributed by atoms with E-state index in [1.54, 1.807) is 23.7 Å². The molecule has 0 radical (unpaired) electrons. The predicted molar refractivity (Wildman–Crippen MR) is 104 cm³/mol. The molecule has 1 aromatic carbocycles. The second-order valence-corrected chi connectivity index (χ2v) is 6.88. The highest BCUT2D eigenvalue weighted by Crippen LogP contribution is 2.23. The number of benzene rings is 1. The molecule has 4 rings (SSSR count). The SMILES string of the molecule is Cn1cc(CC(=O)NCc2nccnc2-c2ccsc2)c2ccccc21. The van der Waals surface area contributed by atoms with Gasteiger partial charge in [-0.1, -0.05) is 18.2 Å². The highest BCUT2D eigenvalue weighted by molar-refractivity contribution is 7.08. The van der Waals surface area contributed by atoms with E-state index in [1.807, 2.05) is 42.2 Å². The van der Waals surface area contributed by atoms with Crippen LogP contribution < -0.4 is 5.32 Å². The summed E-state index contributed by atoms with van der Waals surface area (Å²) in [6, 6.07) is 10.1. The molecule has 3 heterocycles. The maximum absolute atomic E-state index is 12.5. The van der Waals surface area contributed by atoms with Gasteiger partial charge in [-0.2, -0.15) is 11.3 Å². The standard InChI is InChI=1S/C20H18N4OS/c1-24-12-15(16-4-2-3-5-18(16)24)10-19(25)23-11-17-20(22-8-7-21-17)14-6-9-26-13-14/h2-9,12-13H,10-11H2,1H3,(H,23,25). The number of hydrogen-bond donors (Lipinski definition) is 1. The number of nitrogens with zero attached hydrogens (tertiary/aromatic N) is 3. The van der Waals surface area contributed by atoms with Gasteiger partial charge >= 0.3 is 0 Å². The van der Waals surface area contributed by atoms with Crippen LogP contribution in [0.25, 0.3) is 22.2 Å². The maximum atomic E-state index is 12.5. The van der Waals surface area contributed by atoms with E-state index in [9.17, 15) is 4.79 Å². The molecule has 0 fully saturated rings. The smallest absolute Gasteiger partial charge is 0.224 e. The summed E-state index contributed by atoms with van der Waals surface area (Å²) < 4.78 is 2.05. The molecule has 6 heteroatoms. The topological polar surface area (TPSA) is 59.8 Å².